The van der Waals surface area contributed by atoms with Crippen LogP contribution in [0.25, 0.3) is 0 Å². The second kappa shape index (κ2) is 12.6. The van der Waals surface area contributed by atoms with E-state index in [9.17, 15) is 9.59 Å². The Kier molecular flexibility index (Phi) is 11.2. The Labute approximate surface area is 173 Å². The summed E-state index contributed by atoms with van der Waals surface area (Å²) in [7, 11) is 0. The molecule has 0 aliphatic carbocycles. The van der Waals surface area contributed by atoms with Gasteiger partial charge in [-0.3, -0.25) is 9.59 Å². The zero-order valence-corrected chi connectivity index (χ0v) is 18.4. The summed E-state index contributed by atoms with van der Waals surface area (Å²) >= 11 is -2.11. The van der Waals surface area contributed by atoms with Gasteiger partial charge in [-0.2, -0.15) is 0 Å². The molecule has 10 heteroatoms. The maximum absolute atomic E-state index is 11.9. The van der Waals surface area contributed by atoms with Gasteiger partial charge in [-0.15, -0.1) is 0 Å². The molecular weight excluding hydrogens is 537 g/mol. The summed E-state index contributed by atoms with van der Waals surface area (Å²) in [5.74, 6) is 14.5. The maximum atomic E-state index is 11.9. The molecule has 0 aliphatic heterocycles. The van der Waals surface area contributed by atoms with E-state index in [1.165, 1.54) is 0 Å². The number of carbonyl (C=O) groups is 2. The molecule has 0 saturated carbocycles. The van der Waals surface area contributed by atoms with Gasteiger partial charge in [-0.05, 0) is 24.3 Å². The van der Waals surface area contributed by atoms with Gasteiger partial charge in [0, 0.05) is 24.5 Å². The second-order valence-electron chi connectivity index (χ2n) is 4.86. The van der Waals surface area contributed by atoms with E-state index in [0.717, 1.165) is 0 Å². The summed E-state index contributed by atoms with van der Waals surface area (Å²) in [4.78, 5) is 23.8. The van der Waals surface area contributed by atoms with E-state index in [-0.39, 0.29) is 11.8 Å². The molecule has 0 atom stereocenters. The van der Waals surface area contributed by atoms with Gasteiger partial charge >= 0.3 is 47.2 Å². The van der Waals surface area contributed by atoms with Gasteiger partial charge in [0.15, 0.2) is 0 Å². The number of nitrogen functional groups attached to an aromatic ring is 2. The zero-order valence-electron chi connectivity index (χ0n) is 13.5. The molecule has 26 heavy (non-hydrogen) atoms. The van der Waals surface area contributed by atoms with E-state index in [1.54, 1.807) is 48.5 Å². The van der Waals surface area contributed by atoms with Crippen LogP contribution < -0.4 is 22.1 Å². The third-order valence-electron chi connectivity index (χ3n) is 3.11. The zero-order chi connectivity index (χ0) is 19.5. The number of amides is 2. The minimum absolute atomic E-state index is 0.272. The monoisotopic (exact) mass is 555 g/mol. The Hall–Kier alpha value is -0.812. The Balaban J connectivity index is 0.000000765. The number of rotatable bonds is 5. The first-order valence-electron chi connectivity index (χ1n) is 7.31. The van der Waals surface area contributed by atoms with Gasteiger partial charge in [0.05, 0.1) is 11.1 Å². The van der Waals surface area contributed by atoms with E-state index in [1.807, 2.05) is 0 Å². The molecule has 2 aromatic carbocycles. The van der Waals surface area contributed by atoms with Gasteiger partial charge in [-0.1, -0.05) is 24.3 Å². The van der Waals surface area contributed by atoms with Crippen molar-refractivity contribution in [2.75, 3.05) is 24.6 Å². The Morgan fingerprint density at radius 1 is 0.769 bits per heavy atom. The van der Waals surface area contributed by atoms with Gasteiger partial charge in [0.2, 0.25) is 0 Å². The van der Waals surface area contributed by atoms with E-state index in [4.69, 9.17) is 29.1 Å². The normalized spacial score (nSPS) is 9.85. The van der Waals surface area contributed by atoms with Crippen molar-refractivity contribution in [2.45, 2.75) is 0 Å². The molecule has 0 heterocycles. The number of nitrogens with one attached hydrogen (secondary N) is 2. The SMILES string of the molecule is Nc1ccccc1C(=O)NCCNC(=O)c1ccccc1N.[Cl][Sm]([Cl])[Cl]. The molecule has 0 radical (unpaired) electrons. The Morgan fingerprint density at radius 2 is 1.08 bits per heavy atom. The number of hydrogen-bond donors (Lipinski definition) is 4. The third-order valence-corrected chi connectivity index (χ3v) is 3.11. The van der Waals surface area contributed by atoms with Crippen LogP contribution in [0.5, 0.6) is 0 Å². The van der Waals surface area contributed by atoms with E-state index >= 15 is 0 Å². The Morgan fingerprint density at radius 3 is 1.38 bits per heavy atom. The number of para-hydroxylation sites is 2. The molecule has 0 bridgehead atoms. The average molecular weight is 555 g/mol. The average Bonchev–Trinajstić information content (AvgIpc) is 2.58. The van der Waals surface area contributed by atoms with Crippen molar-refractivity contribution < 1.29 is 39.1 Å². The number of anilines is 2. The molecule has 0 fully saturated rings. The predicted octanol–water partition coefficient (Wildman–Crippen LogP) is 3.08. The molecule has 0 aromatic heterocycles. The first kappa shape index (κ1) is 23.2. The summed E-state index contributed by atoms with van der Waals surface area (Å²) in [6, 6.07) is 13.6. The fourth-order valence-electron chi connectivity index (χ4n) is 1.95. The predicted molar refractivity (Wildman–Crippen MR) is 104 cm³/mol. The van der Waals surface area contributed by atoms with Crippen molar-refractivity contribution in [1.29, 1.82) is 0 Å². The van der Waals surface area contributed by atoms with Crippen molar-refractivity contribution in [1.82, 2.24) is 10.6 Å². The van der Waals surface area contributed by atoms with E-state index in [0.29, 0.717) is 35.6 Å². The summed E-state index contributed by atoms with van der Waals surface area (Å²) in [5, 5.41) is 5.39. The molecule has 2 amide bonds. The number of hydrogen-bond acceptors (Lipinski definition) is 4. The number of halogens is 3. The van der Waals surface area contributed by atoms with Gasteiger partial charge < -0.3 is 22.1 Å². The van der Waals surface area contributed by atoms with Crippen molar-refractivity contribution >= 4 is 40.9 Å². The van der Waals surface area contributed by atoms with Crippen LogP contribution in [0.1, 0.15) is 20.7 Å². The third kappa shape index (κ3) is 8.72. The van der Waals surface area contributed by atoms with Crippen LogP contribution in [0.15, 0.2) is 48.5 Å². The molecule has 141 valence electrons. The molecule has 2 aromatic rings. The summed E-state index contributed by atoms with van der Waals surface area (Å²) in [6.07, 6.45) is 0. The standard InChI is InChI=1S/C16H18N4O2.3ClH.Sm/c17-13-7-3-1-5-11(13)15(21)19-9-10-20-16(22)12-6-2-4-8-14(12)18;;;;/h1-8H,9-10,17-18H2,(H,19,21)(H,20,22);3*1H;/q;;;;+3/p-3. The summed E-state index contributed by atoms with van der Waals surface area (Å²) in [6.45, 7) is 0.595. The quantitative estimate of drug-likeness (QED) is 0.336. The molecule has 6 nitrogen and oxygen atoms in total. The van der Waals surface area contributed by atoms with Gasteiger partial charge in [0.25, 0.3) is 11.8 Å². The number of nitrogens with two attached hydrogens (primary N) is 2. The van der Waals surface area contributed by atoms with Crippen LogP contribution >= 0.6 is 17.7 Å². The first-order valence-corrected chi connectivity index (χ1v) is 17.1. The van der Waals surface area contributed by atoms with Crippen molar-refractivity contribution in [3.8, 4) is 0 Å². The van der Waals surface area contributed by atoms with Crippen LogP contribution in [0.3, 0.4) is 0 Å². The van der Waals surface area contributed by atoms with Crippen molar-refractivity contribution in [3.05, 3.63) is 59.7 Å². The molecule has 0 unspecified atom stereocenters. The first-order chi connectivity index (χ1) is 12.3. The van der Waals surface area contributed by atoms with Crippen LogP contribution in [0.2, 0.25) is 0 Å². The fraction of sp³-hybridized carbons (Fsp3) is 0.125. The molecule has 2 rings (SSSR count). The van der Waals surface area contributed by atoms with Gasteiger partial charge in [-0.25, -0.2) is 0 Å². The van der Waals surface area contributed by atoms with Crippen LogP contribution in [0.4, 0.5) is 11.4 Å². The molecule has 0 aliphatic rings. The molecule has 0 saturated heterocycles. The summed E-state index contributed by atoms with van der Waals surface area (Å²) in [5.41, 5.74) is 13.1. The topological polar surface area (TPSA) is 110 Å². The Bertz CT molecular complexity index is 685. The number of benzene rings is 2. The minimum atomic E-state index is -2.11. The molecule has 6 N–H and O–H groups in total. The van der Waals surface area contributed by atoms with Crippen molar-refractivity contribution in [3.63, 3.8) is 0 Å². The second-order valence-corrected chi connectivity index (χ2v) is 16.4. The van der Waals surface area contributed by atoms with E-state index in [2.05, 4.69) is 10.6 Å². The van der Waals surface area contributed by atoms with E-state index < -0.39 is 29.6 Å². The molecular formula is C16H18Cl3N4O2Sm. The van der Waals surface area contributed by atoms with Crippen molar-refractivity contribution in [2.24, 2.45) is 0 Å². The van der Waals surface area contributed by atoms with Crippen LogP contribution in [-0.2, 0) is 0 Å². The van der Waals surface area contributed by atoms with Gasteiger partial charge in [0.1, 0.15) is 0 Å². The molecule has 0 spiro atoms. The number of carbonyl (C=O) groups excluding carboxylic acids is 2. The summed E-state index contributed by atoms with van der Waals surface area (Å²) < 4.78 is 0. The van der Waals surface area contributed by atoms with Crippen LogP contribution in [0, 0.1) is 29.6 Å². The van der Waals surface area contributed by atoms with Crippen LogP contribution in [-0.4, -0.2) is 24.9 Å². The fourth-order valence-corrected chi connectivity index (χ4v) is 1.95.